The third kappa shape index (κ3) is 5.43. The summed E-state index contributed by atoms with van der Waals surface area (Å²) in [5, 5.41) is 14.8. The van der Waals surface area contributed by atoms with E-state index in [9.17, 15) is 4.79 Å². The van der Waals surface area contributed by atoms with Crippen molar-refractivity contribution < 1.29 is 9.53 Å². The lowest BCUT2D eigenvalue weighted by Gasteiger charge is -2.11. The number of hydrogen-bond acceptors (Lipinski definition) is 7. The highest BCUT2D eigenvalue weighted by Crippen LogP contribution is 2.31. The fraction of sp³-hybridized carbons (Fsp3) is 0.250. The quantitative estimate of drug-likeness (QED) is 0.318. The van der Waals surface area contributed by atoms with E-state index in [2.05, 4.69) is 32.6 Å². The Morgan fingerprint density at radius 1 is 1.12 bits per heavy atom. The van der Waals surface area contributed by atoms with E-state index in [4.69, 9.17) is 4.74 Å². The number of para-hydroxylation sites is 1. The minimum atomic E-state index is -0.133. The van der Waals surface area contributed by atoms with Gasteiger partial charge in [0.2, 0.25) is 5.91 Å². The zero-order valence-corrected chi connectivity index (χ0v) is 20.4. The van der Waals surface area contributed by atoms with Crippen LogP contribution in [0.4, 0.5) is 5.13 Å². The van der Waals surface area contributed by atoms with Gasteiger partial charge in [0, 0.05) is 17.5 Å². The molecule has 0 aliphatic carbocycles. The van der Waals surface area contributed by atoms with Crippen LogP contribution in [0.1, 0.15) is 19.4 Å². The van der Waals surface area contributed by atoms with Gasteiger partial charge < -0.3 is 14.6 Å². The van der Waals surface area contributed by atoms with E-state index in [1.807, 2.05) is 67.1 Å². The van der Waals surface area contributed by atoms with E-state index in [1.165, 1.54) is 28.7 Å². The first-order valence-electron chi connectivity index (χ1n) is 10.7. The van der Waals surface area contributed by atoms with Gasteiger partial charge in [0.1, 0.15) is 5.75 Å². The SMILES string of the molecule is CCOc1ccccc1-c1nnc(SCC(=O)Nc2nc(-c3ccc(C)cc3)cs2)n1CC. The van der Waals surface area contributed by atoms with Crippen molar-refractivity contribution >= 4 is 34.1 Å². The highest BCUT2D eigenvalue weighted by molar-refractivity contribution is 7.99. The van der Waals surface area contributed by atoms with Crippen molar-refractivity contribution in [2.45, 2.75) is 32.5 Å². The normalized spacial score (nSPS) is 10.9. The molecular formula is C24H25N5O2S2. The van der Waals surface area contributed by atoms with Crippen LogP contribution >= 0.6 is 23.1 Å². The number of amides is 1. The van der Waals surface area contributed by atoms with Gasteiger partial charge in [-0.05, 0) is 32.9 Å². The Balaban J connectivity index is 1.42. The second-order valence-electron chi connectivity index (χ2n) is 7.22. The number of ether oxygens (including phenoxy) is 1. The molecule has 0 fully saturated rings. The Labute approximate surface area is 201 Å². The molecule has 0 radical (unpaired) electrons. The summed E-state index contributed by atoms with van der Waals surface area (Å²) in [5.74, 6) is 1.58. The average Bonchev–Trinajstić information content (AvgIpc) is 3.45. The monoisotopic (exact) mass is 479 g/mol. The molecule has 33 heavy (non-hydrogen) atoms. The highest BCUT2D eigenvalue weighted by Gasteiger charge is 2.18. The Morgan fingerprint density at radius 3 is 2.67 bits per heavy atom. The van der Waals surface area contributed by atoms with Crippen LogP contribution in [0.25, 0.3) is 22.6 Å². The Kier molecular flexibility index (Phi) is 7.41. The second kappa shape index (κ2) is 10.6. The van der Waals surface area contributed by atoms with E-state index in [0.717, 1.165) is 28.4 Å². The van der Waals surface area contributed by atoms with Crippen molar-refractivity contribution in [3.8, 4) is 28.4 Å². The van der Waals surface area contributed by atoms with Crippen molar-refractivity contribution in [2.24, 2.45) is 0 Å². The number of carbonyl (C=O) groups is 1. The first-order valence-corrected chi connectivity index (χ1v) is 12.6. The molecule has 0 aliphatic rings. The first kappa shape index (κ1) is 23.0. The molecule has 0 unspecified atom stereocenters. The summed E-state index contributed by atoms with van der Waals surface area (Å²) >= 11 is 2.77. The predicted octanol–water partition coefficient (Wildman–Crippen LogP) is 5.53. The molecule has 0 aliphatic heterocycles. The number of carbonyl (C=O) groups excluding carboxylic acids is 1. The zero-order chi connectivity index (χ0) is 23.2. The molecule has 9 heteroatoms. The summed E-state index contributed by atoms with van der Waals surface area (Å²) in [4.78, 5) is 17.1. The second-order valence-corrected chi connectivity index (χ2v) is 9.02. The summed E-state index contributed by atoms with van der Waals surface area (Å²) in [6, 6.07) is 15.9. The Bertz CT molecular complexity index is 1230. The van der Waals surface area contributed by atoms with Gasteiger partial charge in [-0.25, -0.2) is 4.98 Å². The third-order valence-electron chi connectivity index (χ3n) is 4.89. The zero-order valence-electron chi connectivity index (χ0n) is 18.7. The number of nitrogens with zero attached hydrogens (tertiary/aromatic N) is 4. The molecule has 2 aromatic heterocycles. The number of thiazole rings is 1. The maximum Gasteiger partial charge on any atom is 0.236 e. The van der Waals surface area contributed by atoms with Crippen LogP contribution in [-0.4, -0.2) is 38.0 Å². The van der Waals surface area contributed by atoms with Crippen molar-refractivity contribution in [3.05, 3.63) is 59.5 Å². The lowest BCUT2D eigenvalue weighted by atomic mass is 10.1. The van der Waals surface area contributed by atoms with Gasteiger partial charge >= 0.3 is 0 Å². The van der Waals surface area contributed by atoms with Crippen LogP contribution in [0.3, 0.4) is 0 Å². The van der Waals surface area contributed by atoms with Crippen molar-refractivity contribution in [1.29, 1.82) is 0 Å². The van der Waals surface area contributed by atoms with E-state index in [-0.39, 0.29) is 11.7 Å². The minimum absolute atomic E-state index is 0.133. The van der Waals surface area contributed by atoms with Crippen molar-refractivity contribution in [2.75, 3.05) is 17.7 Å². The maximum atomic E-state index is 12.5. The molecule has 4 rings (SSSR count). The summed E-state index contributed by atoms with van der Waals surface area (Å²) in [6.07, 6.45) is 0. The van der Waals surface area contributed by atoms with Crippen LogP contribution < -0.4 is 10.1 Å². The van der Waals surface area contributed by atoms with E-state index in [0.29, 0.717) is 23.4 Å². The largest absolute Gasteiger partial charge is 0.493 e. The number of nitrogens with one attached hydrogen (secondary N) is 1. The van der Waals surface area contributed by atoms with Gasteiger partial charge in [0.05, 0.1) is 23.6 Å². The Hall–Kier alpha value is -3.17. The number of thioether (sulfide) groups is 1. The lowest BCUT2D eigenvalue weighted by molar-refractivity contribution is -0.113. The third-order valence-corrected chi connectivity index (χ3v) is 6.62. The summed E-state index contributed by atoms with van der Waals surface area (Å²) in [5.41, 5.74) is 3.97. The molecular weight excluding hydrogens is 454 g/mol. The number of aryl methyl sites for hydroxylation is 1. The molecule has 0 saturated heterocycles. The summed E-state index contributed by atoms with van der Waals surface area (Å²) < 4.78 is 7.74. The van der Waals surface area contributed by atoms with Crippen molar-refractivity contribution in [1.82, 2.24) is 19.7 Å². The van der Waals surface area contributed by atoms with Crippen LogP contribution in [0.2, 0.25) is 0 Å². The molecule has 170 valence electrons. The van der Waals surface area contributed by atoms with Gasteiger partial charge in [-0.2, -0.15) is 0 Å². The standard InChI is InChI=1S/C24H25N5O2S2/c1-4-29-22(18-8-6-7-9-20(18)31-5-2)27-28-24(29)33-15-21(30)26-23-25-19(14-32-23)17-12-10-16(3)11-13-17/h6-14H,4-5,15H2,1-3H3,(H,25,26,30). The maximum absolute atomic E-state index is 12.5. The topological polar surface area (TPSA) is 81.9 Å². The number of aromatic nitrogens is 4. The molecule has 0 saturated carbocycles. The van der Waals surface area contributed by atoms with E-state index < -0.39 is 0 Å². The minimum Gasteiger partial charge on any atom is -0.493 e. The number of hydrogen-bond donors (Lipinski definition) is 1. The predicted molar refractivity (Wildman–Crippen MR) is 134 cm³/mol. The van der Waals surface area contributed by atoms with Crippen LogP contribution in [0, 0.1) is 6.92 Å². The first-order chi connectivity index (χ1) is 16.1. The molecule has 0 bridgehead atoms. The van der Waals surface area contributed by atoms with Crippen molar-refractivity contribution in [3.63, 3.8) is 0 Å². The molecule has 2 aromatic carbocycles. The van der Waals surface area contributed by atoms with Gasteiger partial charge in [-0.1, -0.05) is 53.7 Å². The fourth-order valence-corrected chi connectivity index (χ4v) is 4.82. The van der Waals surface area contributed by atoms with Crippen LogP contribution in [0.5, 0.6) is 5.75 Å². The summed E-state index contributed by atoms with van der Waals surface area (Å²) in [7, 11) is 0. The number of benzene rings is 2. The van der Waals surface area contributed by atoms with Gasteiger partial charge in [0.25, 0.3) is 0 Å². The molecule has 2 heterocycles. The van der Waals surface area contributed by atoms with Gasteiger partial charge in [0.15, 0.2) is 16.1 Å². The molecule has 1 amide bonds. The van der Waals surface area contributed by atoms with Crippen LogP contribution in [-0.2, 0) is 11.3 Å². The number of rotatable bonds is 9. The van der Waals surface area contributed by atoms with Crippen LogP contribution in [0.15, 0.2) is 59.1 Å². The number of anilines is 1. The molecule has 0 spiro atoms. The molecule has 4 aromatic rings. The molecule has 7 nitrogen and oxygen atoms in total. The lowest BCUT2D eigenvalue weighted by Crippen LogP contribution is -2.14. The smallest absolute Gasteiger partial charge is 0.236 e. The van der Waals surface area contributed by atoms with Gasteiger partial charge in [-0.15, -0.1) is 21.5 Å². The highest BCUT2D eigenvalue weighted by atomic mass is 32.2. The van der Waals surface area contributed by atoms with E-state index in [1.54, 1.807) is 0 Å². The summed E-state index contributed by atoms with van der Waals surface area (Å²) in [6.45, 7) is 7.28. The molecule has 1 N–H and O–H groups in total. The fourth-order valence-electron chi connectivity index (χ4n) is 3.29. The molecule has 0 atom stereocenters. The van der Waals surface area contributed by atoms with E-state index >= 15 is 0 Å². The average molecular weight is 480 g/mol. The van der Waals surface area contributed by atoms with Gasteiger partial charge in [-0.3, -0.25) is 4.79 Å². The Morgan fingerprint density at radius 2 is 1.91 bits per heavy atom.